The summed E-state index contributed by atoms with van der Waals surface area (Å²) in [4.78, 5) is 8.87. The SMILES string of the molecule is N#CCNS(=O)(=O)c1ccc([N+](=O)[O-])c(F)c1. The molecule has 0 fully saturated rings. The van der Waals surface area contributed by atoms with Gasteiger partial charge in [-0.3, -0.25) is 10.1 Å². The molecule has 0 aromatic heterocycles. The summed E-state index contributed by atoms with van der Waals surface area (Å²) in [6.45, 7) is -0.471. The summed E-state index contributed by atoms with van der Waals surface area (Å²) in [5, 5.41) is 18.5. The summed E-state index contributed by atoms with van der Waals surface area (Å²) >= 11 is 0. The summed E-state index contributed by atoms with van der Waals surface area (Å²) in [7, 11) is -4.02. The van der Waals surface area contributed by atoms with Crippen LogP contribution in [0, 0.1) is 27.3 Å². The van der Waals surface area contributed by atoms with Crippen molar-refractivity contribution in [1.82, 2.24) is 4.72 Å². The molecule has 0 aliphatic carbocycles. The van der Waals surface area contributed by atoms with Gasteiger partial charge in [0.15, 0.2) is 0 Å². The number of hydrogen-bond donors (Lipinski definition) is 1. The average Bonchev–Trinajstić information content (AvgIpc) is 2.25. The lowest BCUT2D eigenvalue weighted by atomic mass is 10.3. The molecule has 0 spiro atoms. The van der Waals surface area contributed by atoms with E-state index in [2.05, 4.69) is 0 Å². The van der Waals surface area contributed by atoms with Crippen LogP contribution >= 0.6 is 0 Å². The molecule has 1 aromatic rings. The molecule has 0 atom stereocenters. The Morgan fingerprint density at radius 3 is 2.65 bits per heavy atom. The van der Waals surface area contributed by atoms with Crippen molar-refractivity contribution in [3.05, 3.63) is 34.1 Å². The number of halogens is 1. The van der Waals surface area contributed by atoms with Gasteiger partial charge >= 0.3 is 5.69 Å². The molecule has 17 heavy (non-hydrogen) atoms. The van der Waals surface area contributed by atoms with Crippen LogP contribution in [0.15, 0.2) is 23.1 Å². The van der Waals surface area contributed by atoms with Gasteiger partial charge in [0.2, 0.25) is 15.8 Å². The lowest BCUT2D eigenvalue weighted by Gasteiger charge is -2.03. The van der Waals surface area contributed by atoms with Gasteiger partial charge in [-0.15, -0.1) is 0 Å². The number of nitro benzene ring substituents is 1. The Morgan fingerprint density at radius 1 is 1.53 bits per heavy atom. The fourth-order valence-corrected chi connectivity index (χ4v) is 1.94. The Bertz CT molecular complexity index is 593. The molecular weight excluding hydrogens is 253 g/mol. The van der Waals surface area contributed by atoms with E-state index in [9.17, 15) is 22.9 Å². The van der Waals surface area contributed by atoms with E-state index >= 15 is 0 Å². The predicted octanol–water partition coefficient (Wildman–Crippen LogP) is 0.536. The van der Waals surface area contributed by atoms with Crippen LogP contribution in [-0.4, -0.2) is 19.9 Å². The highest BCUT2D eigenvalue weighted by molar-refractivity contribution is 7.89. The van der Waals surface area contributed by atoms with E-state index in [1.807, 2.05) is 4.72 Å². The van der Waals surface area contributed by atoms with Gasteiger partial charge < -0.3 is 0 Å². The quantitative estimate of drug-likeness (QED) is 0.481. The first-order valence-corrected chi connectivity index (χ1v) is 5.67. The molecular formula is C8H6FN3O4S. The molecule has 0 amide bonds. The van der Waals surface area contributed by atoms with Gasteiger partial charge in [0.25, 0.3) is 0 Å². The molecule has 9 heteroatoms. The van der Waals surface area contributed by atoms with Crippen LogP contribution in [0.25, 0.3) is 0 Å². The highest BCUT2D eigenvalue weighted by atomic mass is 32.2. The van der Waals surface area contributed by atoms with Crippen molar-refractivity contribution in [3.8, 4) is 6.07 Å². The zero-order valence-electron chi connectivity index (χ0n) is 8.25. The summed E-state index contributed by atoms with van der Waals surface area (Å²) in [5.41, 5.74) is -0.816. The van der Waals surface area contributed by atoms with Gasteiger partial charge in [0.1, 0.15) is 0 Å². The van der Waals surface area contributed by atoms with Gasteiger partial charge in [-0.25, -0.2) is 8.42 Å². The third-order valence-electron chi connectivity index (χ3n) is 1.77. The minimum atomic E-state index is -4.02. The number of rotatable bonds is 4. The van der Waals surface area contributed by atoms with E-state index in [4.69, 9.17) is 5.26 Å². The number of nitriles is 1. The lowest BCUT2D eigenvalue weighted by Crippen LogP contribution is -2.24. The summed E-state index contributed by atoms with van der Waals surface area (Å²) in [6.07, 6.45) is 0. The number of benzene rings is 1. The van der Waals surface area contributed by atoms with Crippen molar-refractivity contribution in [3.63, 3.8) is 0 Å². The van der Waals surface area contributed by atoms with Crippen molar-refractivity contribution in [1.29, 1.82) is 5.26 Å². The Kier molecular flexibility index (Phi) is 3.72. The third-order valence-corrected chi connectivity index (χ3v) is 3.17. The number of nitrogens with zero attached hydrogens (tertiary/aromatic N) is 2. The average molecular weight is 259 g/mol. The molecule has 0 radical (unpaired) electrons. The van der Waals surface area contributed by atoms with Crippen LogP contribution in [0.3, 0.4) is 0 Å². The largest absolute Gasteiger partial charge is 0.304 e. The number of sulfonamides is 1. The molecule has 0 heterocycles. The van der Waals surface area contributed by atoms with Crippen molar-refractivity contribution in [2.75, 3.05) is 6.54 Å². The molecule has 1 rings (SSSR count). The number of hydrogen-bond acceptors (Lipinski definition) is 5. The van der Waals surface area contributed by atoms with E-state index in [0.29, 0.717) is 6.07 Å². The molecule has 1 aromatic carbocycles. The fourth-order valence-electron chi connectivity index (χ4n) is 1.01. The van der Waals surface area contributed by atoms with Crippen molar-refractivity contribution in [2.24, 2.45) is 0 Å². The molecule has 0 unspecified atom stereocenters. The first-order chi connectivity index (χ1) is 7.88. The fraction of sp³-hybridized carbons (Fsp3) is 0.125. The van der Waals surface area contributed by atoms with Gasteiger partial charge in [-0.05, 0) is 6.07 Å². The van der Waals surface area contributed by atoms with Crippen LogP contribution < -0.4 is 4.72 Å². The molecule has 0 bridgehead atoms. The maximum Gasteiger partial charge on any atom is 0.304 e. The monoisotopic (exact) mass is 259 g/mol. The molecule has 90 valence electrons. The Labute approximate surface area is 95.7 Å². The standard InChI is InChI=1S/C8H6FN3O4S/c9-7-5-6(1-2-8(7)12(13)14)17(15,16)11-4-3-10/h1-2,5,11H,4H2. The van der Waals surface area contributed by atoms with E-state index in [1.54, 1.807) is 6.07 Å². The van der Waals surface area contributed by atoms with E-state index in [1.165, 1.54) is 0 Å². The molecule has 0 aliphatic rings. The first kappa shape index (κ1) is 13.0. The van der Waals surface area contributed by atoms with Gasteiger partial charge in [-0.2, -0.15) is 14.4 Å². The zero-order valence-corrected chi connectivity index (χ0v) is 9.07. The lowest BCUT2D eigenvalue weighted by molar-refractivity contribution is -0.387. The molecule has 0 aliphatic heterocycles. The van der Waals surface area contributed by atoms with E-state index in [-0.39, 0.29) is 0 Å². The third kappa shape index (κ3) is 2.96. The van der Waals surface area contributed by atoms with Crippen LogP contribution in [-0.2, 0) is 10.0 Å². The van der Waals surface area contributed by atoms with Crippen molar-refractivity contribution >= 4 is 15.7 Å². The second kappa shape index (κ2) is 4.86. The highest BCUT2D eigenvalue weighted by Gasteiger charge is 2.20. The summed E-state index contributed by atoms with van der Waals surface area (Å²) in [6, 6.07) is 3.71. The minimum Gasteiger partial charge on any atom is -0.258 e. The molecule has 0 saturated carbocycles. The predicted molar refractivity (Wildman–Crippen MR) is 53.9 cm³/mol. The molecule has 1 N–H and O–H groups in total. The maximum absolute atomic E-state index is 13.2. The first-order valence-electron chi connectivity index (χ1n) is 4.19. The van der Waals surface area contributed by atoms with Gasteiger partial charge in [-0.1, -0.05) is 0 Å². The number of nitrogens with one attached hydrogen (secondary N) is 1. The van der Waals surface area contributed by atoms with Gasteiger partial charge in [0, 0.05) is 12.1 Å². The van der Waals surface area contributed by atoms with Crippen LogP contribution in [0.1, 0.15) is 0 Å². The Hall–Kier alpha value is -2.05. The minimum absolute atomic E-state index is 0.471. The van der Waals surface area contributed by atoms with Crippen molar-refractivity contribution in [2.45, 2.75) is 4.90 Å². The molecule has 7 nitrogen and oxygen atoms in total. The Balaban J connectivity index is 3.15. The van der Waals surface area contributed by atoms with E-state index in [0.717, 1.165) is 12.1 Å². The molecule has 0 saturated heterocycles. The van der Waals surface area contributed by atoms with Gasteiger partial charge in [0.05, 0.1) is 22.4 Å². The van der Waals surface area contributed by atoms with Crippen molar-refractivity contribution < 1.29 is 17.7 Å². The normalized spacial score (nSPS) is 10.8. The zero-order chi connectivity index (χ0) is 13.1. The van der Waals surface area contributed by atoms with Crippen LogP contribution in [0.4, 0.5) is 10.1 Å². The van der Waals surface area contributed by atoms with Crippen LogP contribution in [0.5, 0.6) is 0 Å². The second-order valence-corrected chi connectivity index (χ2v) is 4.62. The topological polar surface area (TPSA) is 113 Å². The summed E-state index contributed by atoms with van der Waals surface area (Å²) < 4.78 is 37.9. The smallest absolute Gasteiger partial charge is 0.258 e. The van der Waals surface area contributed by atoms with E-state index < -0.39 is 37.9 Å². The summed E-state index contributed by atoms with van der Waals surface area (Å²) in [5.74, 6) is -1.25. The van der Waals surface area contributed by atoms with Crippen LogP contribution in [0.2, 0.25) is 0 Å². The maximum atomic E-state index is 13.2. The number of nitro groups is 1. The second-order valence-electron chi connectivity index (χ2n) is 2.85. The Morgan fingerprint density at radius 2 is 2.18 bits per heavy atom. The highest BCUT2D eigenvalue weighted by Crippen LogP contribution is 2.20.